The summed E-state index contributed by atoms with van der Waals surface area (Å²) in [6.07, 6.45) is 2.65. The third-order valence-corrected chi connectivity index (χ3v) is 5.62. The zero-order valence-electron chi connectivity index (χ0n) is 18.2. The molecule has 0 spiro atoms. The predicted octanol–water partition coefficient (Wildman–Crippen LogP) is 4.15. The lowest BCUT2D eigenvalue weighted by atomic mass is 10.1. The van der Waals surface area contributed by atoms with E-state index in [1.165, 1.54) is 12.3 Å². The van der Waals surface area contributed by atoms with Gasteiger partial charge in [0.15, 0.2) is 0 Å². The van der Waals surface area contributed by atoms with Crippen LogP contribution in [0.5, 0.6) is 0 Å². The topological polar surface area (TPSA) is 65.2 Å². The Labute approximate surface area is 188 Å². The molecule has 7 nitrogen and oxygen atoms in total. The van der Waals surface area contributed by atoms with Gasteiger partial charge >= 0.3 is 6.18 Å². The van der Waals surface area contributed by atoms with Gasteiger partial charge in [-0.2, -0.15) is 18.3 Å². The molecule has 33 heavy (non-hydrogen) atoms. The number of hydrogen-bond acceptors (Lipinski definition) is 4. The van der Waals surface area contributed by atoms with Gasteiger partial charge in [0.2, 0.25) is 0 Å². The molecule has 3 aromatic rings. The Kier molecular flexibility index (Phi) is 6.11. The molecule has 0 aliphatic carbocycles. The number of hydrogen-bond donors (Lipinski definition) is 0. The van der Waals surface area contributed by atoms with E-state index in [1.54, 1.807) is 27.8 Å². The first-order chi connectivity index (χ1) is 15.7. The van der Waals surface area contributed by atoms with Gasteiger partial charge in [0, 0.05) is 61.3 Å². The molecule has 0 atom stereocenters. The molecule has 1 fully saturated rings. The first-order valence-corrected chi connectivity index (χ1v) is 10.5. The monoisotopic (exact) mass is 459 g/mol. The van der Waals surface area contributed by atoms with Crippen molar-refractivity contribution >= 4 is 29.0 Å². The fraction of sp³-hybridized carbons (Fsp3) is 0.348. The summed E-state index contributed by atoms with van der Waals surface area (Å²) in [6, 6.07) is 1.39. The first-order valence-electron chi connectivity index (χ1n) is 10.5. The second kappa shape index (κ2) is 8.86. The number of halogens is 3. The van der Waals surface area contributed by atoms with Crippen LogP contribution >= 0.6 is 0 Å². The van der Waals surface area contributed by atoms with E-state index in [2.05, 4.69) is 23.2 Å². The number of alkyl halides is 3. The molecule has 0 saturated carbocycles. The Morgan fingerprint density at radius 3 is 2.73 bits per heavy atom. The van der Waals surface area contributed by atoms with Gasteiger partial charge in [0.1, 0.15) is 17.9 Å². The van der Waals surface area contributed by atoms with Gasteiger partial charge in [-0.25, -0.2) is 0 Å². The second-order valence-corrected chi connectivity index (χ2v) is 7.83. The maximum Gasteiger partial charge on any atom is 0.408 e. The number of aryl methyl sites for hydroxylation is 1. The summed E-state index contributed by atoms with van der Waals surface area (Å²) in [5.74, 6) is -0.343. The van der Waals surface area contributed by atoms with Crippen LogP contribution in [0.1, 0.15) is 28.2 Å². The maximum absolute atomic E-state index is 13.3. The molecule has 1 aliphatic heterocycles. The number of nitrogens with zero attached hydrogens (tertiary/aromatic N) is 5. The summed E-state index contributed by atoms with van der Waals surface area (Å²) < 4.78 is 48.1. The summed E-state index contributed by atoms with van der Waals surface area (Å²) in [4.78, 5) is 18.9. The molecular formula is C23H24F3N5O2. The highest BCUT2D eigenvalue weighted by Crippen LogP contribution is 2.35. The lowest BCUT2D eigenvalue weighted by Crippen LogP contribution is -2.33. The van der Waals surface area contributed by atoms with Crippen molar-refractivity contribution in [2.75, 3.05) is 26.3 Å². The van der Waals surface area contributed by atoms with Crippen molar-refractivity contribution in [3.8, 4) is 11.3 Å². The van der Waals surface area contributed by atoms with Crippen LogP contribution in [0.3, 0.4) is 0 Å². The lowest BCUT2D eigenvalue weighted by Gasteiger charge is -2.19. The molecule has 0 aromatic carbocycles. The quantitative estimate of drug-likeness (QED) is 0.575. The van der Waals surface area contributed by atoms with Crippen LogP contribution in [0.4, 0.5) is 13.2 Å². The van der Waals surface area contributed by atoms with Gasteiger partial charge in [-0.05, 0) is 18.6 Å². The second-order valence-electron chi connectivity index (χ2n) is 7.83. The molecule has 10 heteroatoms. The fourth-order valence-electron chi connectivity index (χ4n) is 4.10. The highest BCUT2D eigenvalue weighted by Gasteiger charge is 2.31. The Bertz CT molecular complexity index is 1220. The molecule has 174 valence electrons. The Morgan fingerprint density at radius 2 is 2.03 bits per heavy atom. The molecule has 4 heterocycles. The number of aromatic nitrogens is 4. The number of fused-ring (bicyclic) bond motifs is 1. The summed E-state index contributed by atoms with van der Waals surface area (Å²) in [7, 11) is 1.81. The highest BCUT2D eigenvalue weighted by atomic mass is 19.4. The SMILES string of the molecule is C=Cc1c(-c2nn(CC(F)(F)F)c3cc(C(=O)N4CCCOCC4)ncc23)cn(C)c1C=C. The van der Waals surface area contributed by atoms with Gasteiger partial charge < -0.3 is 14.2 Å². The van der Waals surface area contributed by atoms with Crippen LogP contribution in [-0.2, 0) is 18.3 Å². The van der Waals surface area contributed by atoms with Gasteiger partial charge in [0.05, 0.1) is 12.1 Å². The molecule has 1 amide bonds. The van der Waals surface area contributed by atoms with Gasteiger partial charge in [-0.1, -0.05) is 19.2 Å². The minimum atomic E-state index is -4.49. The molecular weight excluding hydrogens is 435 g/mol. The van der Waals surface area contributed by atoms with E-state index >= 15 is 0 Å². The fourth-order valence-corrected chi connectivity index (χ4v) is 4.10. The van der Waals surface area contributed by atoms with Gasteiger partial charge in [0.25, 0.3) is 5.91 Å². The van der Waals surface area contributed by atoms with Crippen LogP contribution in [0.15, 0.2) is 31.6 Å². The molecule has 4 rings (SSSR count). The summed E-state index contributed by atoms with van der Waals surface area (Å²) in [6.45, 7) is 8.22. The van der Waals surface area contributed by atoms with E-state index in [0.717, 1.165) is 10.4 Å². The summed E-state index contributed by atoms with van der Waals surface area (Å²) in [5.41, 5.74) is 2.67. The molecule has 1 aliphatic rings. The lowest BCUT2D eigenvalue weighted by molar-refractivity contribution is -0.141. The van der Waals surface area contributed by atoms with Crippen LogP contribution in [-0.4, -0.2) is 62.6 Å². The minimum Gasteiger partial charge on any atom is -0.380 e. The molecule has 0 radical (unpaired) electrons. The molecule has 1 saturated heterocycles. The van der Waals surface area contributed by atoms with Crippen molar-refractivity contribution in [2.24, 2.45) is 7.05 Å². The molecule has 0 unspecified atom stereocenters. The predicted molar refractivity (Wildman–Crippen MR) is 120 cm³/mol. The van der Waals surface area contributed by atoms with Crippen LogP contribution < -0.4 is 0 Å². The first kappa shape index (κ1) is 22.8. The number of carbonyl (C=O) groups is 1. The van der Waals surface area contributed by atoms with Crippen LogP contribution in [0.2, 0.25) is 0 Å². The summed E-state index contributed by atoms with van der Waals surface area (Å²) in [5, 5.41) is 4.70. The number of ether oxygens (including phenoxy) is 1. The van der Waals surface area contributed by atoms with Crippen LogP contribution in [0.25, 0.3) is 34.3 Å². The average Bonchev–Trinajstić information content (AvgIpc) is 3.13. The highest BCUT2D eigenvalue weighted by molar-refractivity contribution is 6.00. The number of carbonyl (C=O) groups excluding carboxylic acids is 1. The van der Waals surface area contributed by atoms with E-state index in [9.17, 15) is 18.0 Å². The van der Waals surface area contributed by atoms with E-state index in [4.69, 9.17) is 4.74 Å². The standard InChI is InChI=1S/C23H24F3N5O2/c1-4-15-17(13-29(3)19(15)5-2)21-16-12-27-18(22(32)30-7-6-9-33-10-8-30)11-20(16)31(28-21)14-23(24,25)26/h4-5,11-13H,1-2,6-10,14H2,3H3. The molecule has 3 aromatic heterocycles. The van der Waals surface area contributed by atoms with E-state index in [-0.39, 0.29) is 17.1 Å². The largest absolute Gasteiger partial charge is 0.408 e. The van der Waals surface area contributed by atoms with Crippen molar-refractivity contribution in [2.45, 2.75) is 19.1 Å². The van der Waals surface area contributed by atoms with Crippen molar-refractivity contribution < 1.29 is 22.7 Å². The average molecular weight is 459 g/mol. The van der Waals surface area contributed by atoms with Crippen LogP contribution in [0, 0.1) is 0 Å². The summed E-state index contributed by atoms with van der Waals surface area (Å²) >= 11 is 0. The molecule has 0 bridgehead atoms. The third kappa shape index (κ3) is 4.43. The van der Waals surface area contributed by atoms with Gasteiger partial charge in [-0.3, -0.25) is 14.5 Å². The van der Waals surface area contributed by atoms with E-state index in [0.29, 0.717) is 54.9 Å². The zero-order valence-corrected chi connectivity index (χ0v) is 18.2. The zero-order chi connectivity index (χ0) is 23.8. The Balaban J connectivity index is 1.86. The Hall–Kier alpha value is -3.40. The normalized spacial score (nSPS) is 15.0. The number of pyridine rings is 1. The molecule has 0 N–H and O–H groups in total. The van der Waals surface area contributed by atoms with E-state index < -0.39 is 12.7 Å². The smallest absolute Gasteiger partial charge is 0.380 e. The number of amides is 1. The van der Waals surface area contributed by atoms with Crippen molar-refractivity contribution in [1.82, 2.24) is 24.2 Å². The van der Waals surface area contributed by atoms with E-state index in [1.807, 2.05) is 7.05 Å². The van der Waals surface area contributed by atoms with Crippen molar-refractivity contribution in [3.63, 3.8) is 0 Å². The number of rotatable bonds is 5. The van der Waals surface area contributed by atoms with Crippen molar-refractivity contribution in [3.05, 3.63) is 48.6 Å². The third-order valence-electron chi connectivity index (χ3n) is 5.62. The van der Waals surface area contributed by atoms with Gasteiger partial charge in [-0.15, -0.1) is 0 Å². The van der Waals surface area contributed by atoms with Crippen molar-refractivity contribution in [1.29, 1.82) is 0 Å². The Morgan fingerprint density at radius 1 is 1.24 bits per heavy atom. The maximum atomic E-state index is 13.3. The minimum absolute atomic E-state index is 0.0723.